The van der Waals surface area contributed by atoms with Gasteiger partial charge in [0, 0.05) is 52.4 Å². The smallest absolute Gasteiger partial charge is 0.0867 e. The largest absolute Gasteiger partial charge is 0.368 e. The lowest BCUT2D eigenvalue weighted by molar-refractivity contribution is 0.287. The van der Waals surface area contributed by atoms with E-state index in [1.165, 1.54) is 0 Å². The first kappa shape index (κ1) is 24.3. The SMILES string of the molecule is Clc1cccc(N2CCNCC2)c1Cl.N#CCN1CCN(c2cccc(Cl)c2Cl)CC1. The van der Waals surface area contributed by atoms with Crippen LogP contribution in [-0.4, -0.2) is 63.8 Å². The molecular formula is C22H25Cl4N5. The number of hydrogen-bond acceptors (Lipinski definition) is 5. The van der Waals surface area contributed by atoms with Crippen LogP contribution in [0.5, 0.6) is 0 Å². The van der Waals surface area contributed by atoms with Crippen molar-refractivity contribution in [1.82, 2.24) is 10.2 Å². The van der Waals surface area contributed by atoms with Gasteiger partial charge in [-0.1, -0.05) is 58.5 Å². The van der Waals surface area contributed by atoms with E-state index in [2.05, 4.69) is 26.1 Å². The molecule has 2 aliphatic rings. The van der Waals surface area contributed by atoms with Crippen molar-refractivity contribution < 1.29 is 0 Å². The molecule has 1 N–H and O–H groups in total. The molecule has 9 heteroatoms. The molecule has 2 aliphatic heterocycles. The summed E-state index contributed by atoms with van der Waals surface area (Å²) in [6.45, 7) is 8.00. The first-order chi connectivity index (χ1) is 15.0. The van der Waals surface area contributed by atoms with E-state index < -0.39 is 0 Å². The van der Waals surface area contributed by atoms with E-state index >= 15 is 0 Å². The molecule has 31 heavy (non-hydrogen) atoms. The molecule has 2 aromatic carbocycles. The zero-order valence-corrected chi connectivity index (χ0v) is 20.2. The molecule has 0 spiro atoms. The molecule has 0 aliphatic carbocycles. The Balaban J connectivity index is 0.000000179. The van der Waals surface area contributed by atoms with Gasteiger partial charge >= 0.3 is 0 Å². The monoisotopic (exact) mass is 499 g/mol. The van der Waals surface area contributed by atoms with Gasteiger partial charge in [0.05, 0.1) is 44.1 Å². The van der Waals surface area contributed by atoms with Crippen LogP contribution in [0.25, 0.3) is 0 Å². The van der Waals surface area contributed by atoms with Crippen LogP contribution in [0.1, 0.15) is 0 Å². The average molecular weight is 501 g/mol. The van der Waals surface area contributed by atoms with Gasteiger partial charge < -0.3 is 15.1 Å². The number of nitrogens with zero attached hydrogens (tertiary/aromatic N) is 4. The van der Waals surface area contributed by atoms with Gasteiger partial charge in [-0.15, -0.1) is 0 Å². The van der Waals surface area contributed by atoms with Crippen molar-refractivity contribution in [1.29, 1.82) is 5.26 Å². The summed E-state index contributed by atoms with van der Waals surface area (Å²) in [6, 6.07) is 13.6. The van der Waals surface area contributed by atoms with Crippen LogP contribution in [0.15, 0.2) is 36.4 Å². The molecule has 0 atom stereocenters. The summed E-state index contributed by atoms with van der Waals surface area (Å²) in [5.74, 6) is 0. The summed E-state index contributed by atoms with van der Waals surface area (Å²) < 4.78 is 0. The highest BCUT2D eigenvalue weighted by Gasteiger charge is 2.19. The number of benzene rings is 2. The van der Waals surface area contributed by atoms with Crippen LogP contribution in [0.4, 0.5) is 11.4 Å². The van der Waals surface area contributed by atoms with Crippen molar-refractivity contribution in [2.24, 2.45) is 0 Å². The summed E-state index contributed by atoms with van der Waals surface area (Å²) in [6.07, 6.45) is 0. The molecule has 2 fully saturated rings. The first-order valence-corrected chi connectivity index (χ1v) is 11.7. The first-order valence-electron chi connectivity index (χ1n) is 10.2. The average Bonchev–Trinajstić information content (AvgIpc) is 2.79. The fourth-order valence-electron chi connectivity index (χ4n) is 3.63. The summed E-state index contributed by atoms with van der Waals surface area (Å²) >= 11 is 24.3. The van der Waals surface area contributed by atoms with Crippen molar-refractivity contribution in [3.8, 4) is 6.07 Å². The quantitative estimate of drug-likeness (QED) is 0.598. The minimum absolute atomic E-state index is 0.497. The van der Waals surface area contributed by atoms with Gasteiger partial charge in [0.2, 0.25) is 0 Å². The van der Waals surface area contributed by atoms with E-state index in [1.807, 2.05) is 30.3 Å². The van der Waals surface area contributed by atoms with E-state index in [1.54, 1.807) is 6.07 Å². The molecule has 166 valence electrons. The lowest BCUT2D eigenvalue weighted by Gasteiger charge is -2.35. The summed E-state index contributed by atoms with van der Waals surface area (Å²) in [5.41, 5.74) is 2.02. The number of piperazine rings is 2. The van der Waals surface area contributed by atoms with Gasteiger partial charge in [0.15, 0.2) is 0 Å². The van der Waals surface area contributed by atoms with Crippen LogP contribution < -0.4 is 15.1 Å². The maximum Gasteiger partial charge on any atom is 0.0867 e. The van der Waals surface area contributed by atoms with Crippen LogP contribution in [0.2, 0.25) is 20.1 Å². The van der Waals surface area contributed by atoms with Gasteiger partial charge in [0.1, 0.15) is 0 Å². The van der Waals surface area contributed by atoms with Gasteiger partial charge in [-0.2, -0.15) is 5.26 Å². The lowest BCUT2D eigenvalue weighted by atomic mass is 10.2. The molecule has 0 unspecified atom stereocenters. The van der Waals surface area contributed by atoms with Crippen molar-refractivity contribution in [2.45, 2.75) is 0 Å². The number of rotatable bonds is 3. The molecule has 4 rings (SSSR count). The fourth-order valence-corrected chi connectivity index (χ4v) is 4.46. The Morgan fingerprint density at radius 3 is 1.71 bits per heavy atom. The molecule has 5 nitrogen and oxygen atoms in total. The number of anilines is 2. The topological polar surface area (TPSA) is 45.5 Å². The standard InChI is InChI=1S/C12H13Cl2N3.C10H12Cl2N2/c13-10-2-1-3-11(12(10)14)17-8-6-16(5-4-15)7-9-17;11-8-2-1-3-9(10(8)12)14-6-4-13-5-7-14/h1-3H,5-9H2;1-3,13H,4-7H2. The highest BCUT2D eigenvalue weighted by molar-refractivity contribution is 6.44. The van der Waals surface area contributed by atoms with Crippen molar-refractivity contribution in [2.75, 3.05) is 68.7 Å². The summed E-state index contributed by atoms with van der Waals surface area (Å²) in [5, 5.41) is 14.4. The number of halogens is 4. The lowest BCUT2D eigenvalue weighted by Crippen LogP contribution is -2.46. The Morgan fingerprint density at radius 1 is 0.742 bits per heavy atom. The zero-order valence-electron chi connectivity index (χ0n) is 17.1. The van der Waals surface area contributed by atoms with Crippen LogP contribution >= 0.6 is 46.4 Å². The maximum absolute atomic E-state index is 8.64. The Labute approximate surface area is 204 Å². The van der Waals surface area contributed by atoms with Crippen molar-refractivity contribution >= 4 is 57.8 Å². The second-order valence-electron chi connectivity index (χ2n) is 7.30. The fraction of sp³-hybridized carbons (Fsp3) is 0.409. The van der Waals surface area contributed by atoms with Gasteiger partial charge in [0.25, 0.3) is 0 Å². The molecule has 0 bridgehead atoms. The van der Waals surface area contributed by atoms with E-state index in [9.17, 15) is 0 Å². The number of nitrogens with one attached hydrogen (secondary N) is 1. The third-order valence-electron chi connectivity index (χ3n) is 5.33. The van der Waals surface area contributed by atoms with Crippen molar-refractivity contribution in [3.63, 3.8) is 0 Å². The normalized spacial score (nSPS) is 17.0. The van der Waals surface area contributed by atoms with Gasteiger partial charge in [-0.25, -0.2) is 0 Å². The highest BCUT2D eigenvalue weighted by atomic mass is 35.5. The van der Waals surface area contributed by atoms with E-state index in [0.717, 1.165) is 63.7 Å². The third-order valence-corrected chi connectivity index (χ3v) is 6.95. The molecular weight excluding hydrogens is 476 g/mol. The predicted octanol–water partition coefficient (Wildman–Crippen LogP) is 5.04. The Hall–Kier alpha value is -1.39. The predicted molar refractivity (Wildman–Crippen MR) is 132 cm³/mol. The molecule has 0 amide bonds. The summed E-state index contributed by atoms with van der Waals surface area (Å²) in [4.78, 5) is 6.60. The van der Waals surface area contributed by atoms with E-state index in [-0.39, 0.29) is 0 Å². The minimum Gasteiger partial charge on any atom is -0.368 e. The second kappa shape index (κ2) is 12.0. The molecule has 2 saturated heterocycles. The third kappa shape index (κ3) is 6.55. The zero-order chi connectivity index (χ0) is 22.2. The second-order valence-corrected chi connectivity index (χ2v) is 8.87. The van der Waals surface area contributed by atoms with E-state index in [4.69, 9.17) is 51.7 Å². The summed E-state index contributed by atoms with van der Waals surface area (Å²) in [7, 11) is 0. The van der Waals surface area contributed by atoms with Crippen LogP contribution in [-0.2, 0) is 0 Å². The number of hydrogen-bond donors (Lipinski definition) is 1. The molecule has 0 radical (unpaired) electrons. The van der Waals surface area contributed by atoms with Crippen LogP contribution in [0, 0.1) is 11.3 Å². The van der Waals surface area contributed by atoms with E-state index in [0.29, 0.717) is 26.6 Å². The molecule has 2 heterocycles. The van der Waals surface area contributed by atoms with Gasteiger partial charge in [-0.05, 0) is 24.3 Å². The highest BCUT2D eigenvalue weighted by Crippen LogP contribution is 2.33. The Morgan fingerprint density at radius 2 is 1.23 bits per heavy atom. The Bertz CT molecular complexity index is 903. The van der Waals surface area contributed by atoms with Gasteiger partial charge in [-0.3, -0.25) is 4.90 Å². The van der Waals surface area contributed by atoms with Crippen LogP contribution in [0.3, 0.4) is 0 Å². The molecule has 2 aromatic rings. The molecule has 0 aromatic heterocycles. The minimum atomic E-state index is 0.497. The number of nitriles is 1. The Kier molecular flexibility index (Phi) is 9.40. The maximum atomic E-state index is 8.64. The van der Waals surface area contributed by atoms with Crippen molar-refractivity contribution in [3.05, 3.63) is 56.5 Å². The molecule has 0 saturated carbocycles.